The summed E-state index contributed by atoms with van der Waals surface area (Å²) in [5.41, 5.74) is 0. The zero-order valence-corrected chi connectivity index (χ0v) is 6.54. The van der Waals surface area contributed by atoms with E-state index >= 15 is 0 Å². The van der Waals surface area contributed by atoms with Gasteiger partial charge in [0.2, 0.25) is 0 Å². The lowest BCUT2D eigenvalue weighted by Crippen LogP contribution is -2.17. The lowest BCUT2D eigenvalue weighted by Gasteiger charge is -2.19. The molecule has 3 nitrogen and oxygen atoms in total. The molecule has 0 fully saturated rings. The molecule has 0 aliphatic carbocycles. The number of hydrogen-bond donors (Lipinski definition) is 1. The van der Waals surface area contributed by atoms with Crippen LogP contribution >= 0.6 is 0 Å². The molecule has 0 saturated heterocycles. The first-order valence-electron chi connectivity index (χ1n) is 3.54. The fourth-order valence-electron chi connectivity index (χ4n) is 0.642. The Hall–Kier alpha value is -0.120. The molecule has 0 aromatic rings. The van der Waals surface area contributed by atoms with Gasteiger partial charge in [0, 0.05) is 13.2 Å². The molecule has 3 heteroatoms. The van der Waals surface area contributed by atoms with E-state index in [1.165, 1.54) is 0 Å². The van der Waals surface area contributed by atoms with E-state index in [0.29, 0.717) is 19.6 Å². The Bertz CT molecular complexity index is 51.6. The molecule has 0 spiro atoms. The normalized spacial score (nSPS) is 10.8. The number of aliphatic hydroxyl groups excluding tert-OH is 1. The van der Waals surface area contributed by atoms with Crippen molar-refractivity contribution in [3.63, 3.8) is 0 Å². The van der Waals surface area contributed by atoms with Gasteiger partial charge < -0.3 is 14.6 Å². The smallest absolute Gasteiger partial charge is 0.132 e. The second-order valence-electron chi connectivity index (χ2n) is 1.76. The first-order valence-corrected chi connectivity index (χ1v) is 3.54. The van der Waals surface area contributed by atoms with E-state index in [0.717, 1.165) is 6.61 Å². The third-order valence-electron chi connectivity index (χ3n) is 1.00. The molecule has 0 rings (SSSR count). The first-order chi connectivity index (χ1) is 4.85. The van der Waals surface area contributed by atoms with Gasteiger partial charge in [-0.15, -0.1) is 6.42 Å². The maximum atomic E-state index is 8.40. The van der Waals surface area contributed by atoms with Crippen LogP contribution in [0.15, 0.2) is 0 Å². The molecule has 0 saturated carbocycles. The van der Waals surface area contributed by atoms with Gasteiger partial charge in [0.25, 0.3) is 0 Å². The Labute approximate surface area is 62.0 Å². The topological polar surface area (TPSA) is 38.7 Å². The fourth-order valence-corrected chi connectivity index (χ4v) is 0.642. The third kappa shape index (κ3) is 4.73. The minimum absolute atomic E-state index is 0.278. The Morgan fingerprint density at radius 1 is 1.30 bits per heavy atom. The molecule has 0 amide bonds. The molecule has 10 heavy (non-hydrogen) atoms. The van der Waals surface area contributed by atoms with Gasteiger partial charge in [-0.1, -0.05) is 0 Å². The standard InChI is InChI=1S/C7H15O3/c1-3-9-7(5-6-8)10-4-2/h6-8H,3-5H2,1-2H3/q-1. The van der Waals surface area contributed by atoms with Gasteiger partial charge in [0.1, 0.15) is 6.29 Å². The predicted octanol–water partition coefficient (Wildman–Crippen LogP) is 1.31. The van der Waals surface area contributed by atoms with Crippen LogP contribution in [0.4, 0.5) is 0 Å². The van der Waals surface area contributed by atoms with Crippen molar-refractivity contribution in [2.45, 2.75) is 26.6 Å². The van der Waals surface area contributed by atoms with Crippen molar-refractivity contribution in [3.8, 4) is 0 Å². The van der Waals surface area contributed by atoms with Crippen LogP contribution in [0.1, 0.15) is 20.3 Å². The lowest BCUT2D eigenvalue weighted by molar-refractivity contribution is -0.138. The Balaban J connectivity index is 3.30. The van der Waals surface area contributed by atoms with Gasteiger partial charge in [-0.2, -0.15) is 0 Å². The molecule has 0 aliphatic heterocycles. The highest BCUT2D eigenvalue weighted by molar-refractivity contribution is 4.51. The molecular weight excluding hydrogens is 132 g/mol. The minimum Gasteiger partial charge on any atom is -0.566 e. The monoisotopic (exact) mass is 147 g/mol. The minimum atomic E-state index is -0.278. The molecule has 0 aliphatic rings. The van der Waals surface area contributed by atoms with Crippen molar-refractivity contribution in [3.05, 3.63) is 6.61 Å². The average Bonchev–Trinajstić information content (AvgIpc) is 1.90. The second kappa shape index (κ2) is 6.99. The van der Waals surface area contributed by atoms with E-state index in [1.54, 1.807) is 0 Å². The van der Waals surface area contributed by atoms with Crippen LogP contribution in [0, 0.1) is 6.61 Å². The molecule has 1 N–H and O–H groups in total. The van der Waals surface area contributed by atoms with Crippen LogP contribution in [-0.2, 0) is 9.47 Å². The Kier molecular flexibility index (Phi) is 6.91. The van der Waals surface area contributed by atoms with Gasteiger partial charge in [0.05, 0.1) is 0 Å². The van der Waals surface area contributed by atoms with Gasteiger partial charge in [-0.25, -0.2) is 6.61 Å². The molecule has 0 unspecified atom stereocenters. The lowest BCUT2D eigenvalue weighted by atomic mass is 10.4. The maximum Gasteiger partial charge on any atom is 0.132 e. The highest BCUT2D eigenvalue weighted by atomic mass is 16.7. The molecule has 0 bridgehead atoms. The number of ether oxygens (including phenoxy) is 2. The van der Waals surface area contributed by atoms with E-state index in [4.69, 9.17) is 14.6 Å². The van der Waals surface area contributed by atoms with Crippen molar-refractivity contribution >= 4 is 0 Å². The molecule has 0 aromatic heterocycles. The van der Waals surface area contributed by atoms with Gasteiger partial charge in [-0.05, 0) is 13.8 Å². The zero-order chi connectivity index (χ0) is 7.82. The van der Waals surface area contributed by atoms with Gasteiger partial charge in [0.15, 0.2) is 0 Å². The molecule has 0 radical (unpaired) electrons. The molecule has 0 atom stereocenters. The third-order valence-corrected chi connectivity index (χ3v) is 1.00. The molecular formula is C7H15O3-. The van der Waals surface area contributed by atoms with Gasteiger partial charge in [-0.3, -0.25) is 0 Å². The number of rotatable bonds is 6. The summed E-state index contributed by atoms with van der Waals surface area (Å²) in [6, 6.07) is 0. The van der Waals surface area contributed by atoms with E-state index in [1.807, 2.05) is 13.8 Å². The van der Waals surface area contributed by atoms with Crippen LogP contribution in [0.5, 0.6) is 0 Å². The summed E-state index contributed by atoms with van der Waals surface area (Å²) in [5.74, 6) is 0. The van der Waals surface area contributed by atoms with Crippen molar-refractivity contribution in [2.75, 3.05) is 13.2 Å². The number of aliphatic hydroxyl groups is 1. The summed E-state index contributed by atoms with van der Waals surface area (Å²) in [7, 11) is 0. The van der Waals surface area contributed by atoms with E-state index in [9.17, 15) is 0 Å². The van der Waals surface area contributed by atoms with E-state index in [2.05, 4.69) is 0 Å². The molecule has 0 heterocycles. The molecule has 62 valence electrons. The highest BCUT2D eigenvalue weighted by Gasteiger charge is 1.99. The van der Waals surface area contributed by atoms with Crippen molar-refractivity contribution < 1.29 is 14.6 Å². The summed E-state index contributed by atoms with van der Waals surface area (Å²) >= 11 is 0. The SMILES string of the molecule is CCOC(C[CH-]O)OCC. The molecule has 0 aromatic carbocycles. The van der Waals surface area contributed by atoms with Gasteiger partial charge >= 0.3 is 0 Å². The van der Waals surface area contributed by atoms with Crippen LogP contribution < -0.4 is 0 Å². The van der Waals surface area contributed by atoms with Crippen LogP contribution in [0.3, 0.4) is 0 Å². The van der Waals surface area contributed by atoms with Crippen LogP contribution in [-0.4, -0.2) is 24.6 Å². The van der Waals surface area contributed by atoms with Crippen LogP contribution in [0.25, 0.3) is 0 Å². The summed E-state index contributed by atoms with van der Waals surface area (Å²) < 4.78 is 10.2. The second-order valence-corrected chi connectivity index (χ2v) is 1.76. The quantitative estimate of drug-likeness (QED) is 0.454. The summed E-state index contributed by atoms with van der Waals surface area (Å²) in [6.07, 6.45) is 0.154. The van der Waals surface area contributed by atoms with Crippen molar-refractivity contribution in [1.82, 2.24) is 0 Å². The predicted molar refractivity (Wildman–Crippen MR) is 37.9 cm³/mol. The van der Waals surface area contributed by atoms with E-state index in [-0.39, 0.29) is 6.29 Å². The Morgan fingerprint density at radius 2 is 1.80 bits per heavy atom. The first kappa shape index (κ1) is 9.88. The zero-order valence-electron chi connectivity index (χ0n) is 6.54. The van der Waals surface area contributed by atoms with E-state index < -0.39 is 0 Å². The summed E-state index contributed by atoms with van der Waals surface area (Å²) in [5, 5.41) is 8.40. The fraction of sp³-hybridized carbons (Fsp3) is 0.857. The average molecular weight is 147 g/mol. The maximum absolute atomic E-state index is 8.40. The number of hydrogen-bond acceptors (Lipinski definition) is 3. The highest BCUT2D eigenvalue weighted by Crippen LogP contribution is 2.01. The van der Waals surface area contributed by atoms with Crippen molar-refractivity contribution in [1.29, 1.82) is 0 Å². The summed E-state index contributed by atoms with van der Waals surface area (Å²) in [4.78, 5) is 0. The Morgan fingerprint density at radius 3 is 2.10 bits per heavy atom. The largest absolute Gasteiger partial charge is 0.566 e. The van der Waals surface area contributed by atoms with Crippen molar-refractivity contribution in [2.24, 2.45) is 0 Å². The van der Waals surface area contributed by atoms with Crippen LogP contribution in [0.2, 0.25) is 0 Å². The summed E-state index contributed by atoms with van der Waals surface area (Å²) in [6.45, 7) is 6.06.